The second-order valence-electron chi connectivity index (χ2n) is 6.70. The zero-order valence-corrected chi connectivity index (χ0v) is 16.0. The van der Waals surface area contributed by atoms with Gasteiger partial charge < -0.3 is 24.1 Å². The number of hydrogen-bond acceptors (Lipinski definition) is 6. The molecule has 1 aliphatic rings. The molecule has 0 saturated carbocycles. The van der Waals surface area contributed by atoms with E-state index in [-0.39, 0.29) is 11.9 Å². The van der Waals surface area contributed by atoms with E-state index < -0.39 is 0 Å². The molecule has 0 bridgehead atoms. The number of nitrogens with one attached hydrogen (secondary N) is 1. The summed E-state index contributed by atoms with van der Waals surface area (Å²) < 4.78 is 16.5. The summed E-state index contributed by atoms with van der Waals surface area (Å²) in [6.45, 7) is 1.35. The first kappa shape index (κ1) is 18.2. The van der Waals surface area contributed by atoms with Crippen LogP contribution in [0, 0.1) is 0 Å². The molecule has 1 aliphatic heterocycles. The van der Waals surface area contributed by atoms with Crippen LogP contribution in [0.2, 0.25) is 0 Å². The van der Waals surface area contributed by atoms with Crippen LogP contribution in [-0.4, -0.2) is 44.2 Å². The van der Waals surface area contributed by atoms with E-state index in [0.29, 0.717) is 29.6 Å². The molecule has 1 unspecified atom stereocenters. The molecule has 146 valence electrons. The first-order valence-electron chi connectivity index (χ1n) is 9.32. The fourth-order valence-corrected chi connectivity index (χ4v) is 3.65. The molecule has 28 heavy (non-hydrogen) atoms. The molecule has 1 amide bonds. The van der Waals surface area contributed by atoms with Crippen LogP contribution in [0.5, 0.6) is 11.5 Å². The lowest BCUT2D eigenvalue weighted by Crippen LogP contribution is -2.40. The maximum atomic E-state index is 12.7. The molecule has 0 radical (unpaired) electrons. The highest BCUT2D eigenvalue weighted by atomic mass is 16.5. The Morgan fingerprint density at radius 2 is 2.07 bits per heavy atom. The first-order valence-corrected chi connectivity index (χ1v) is 9.32. The van der Waals surface area contributed by atoms with E-state index in [9.17, 15) is 4.79 Å². The Balaban J connectivity index is 1.47. The van der Waals surface area contributed by atoms with Gasteiger partial charge in [-0.2, -0.15) is 4.98 Å². The number of ether oxygens (including phenoxy) is 2. The highest BCUT2D eigenvalue weighted by Gasteiger charge is 2.29. The molecule has 7 nitrogen and oxygen atoms in total. The first-order chi connectivity index (χ1) is 13.7. The molecule has 4 rings (SSSR count). The van der Waals surface area contributed by atoms with E-state index in [0.717, 1.165) is 30.5 Å². The number of carbonyl (C=O) groups is 1. The predicted octanol–water partition coefficient (Wildman–Crippen LogP) is 3.24. The predicted molar refractivity (Wildman–Crippen MR) is 106 cm³/mol. The second-order valence-corrected chi connectivity index (χ2v) is 6.70. The molecule has 1 atom stereocenters. The molecule has 1 N–H and O–H groups in total. The van der Waals surface area contributed by atoms with Crippen molar-refractivity contribution < 1.29 is 18.7 Å². The SMILES string of the molecule is COc1cccc(C(=O)NCC2CCCN2c2nc3ccccc3o2)c1OC. The number of anilines is 1. The van der Waals surface area contributed by atoms with E-state index in [1.165, 1.54) is 7.11 Å². The van der Waals surface area contributed by atoms with Crippen molar-refractivity contribution in [1.82, 2.24) is 10.3 Å². The van der Waals surface area contributed by atoms with E-state index in [1.807, 2.05) is 24.3 Å². The summed E-state index contributed by atoms with van der Waals surface area (Å²) in [5.41, 5.74) is 2.06. The quantitative estimate of drug-likeness (QED) is 0.706. The summed E-state index contributed by atoms with van der Waals surface area (Å²) in [4.78, 5) is 19.4. The van der Waals surface area contributed by atoms with Gasteiger partial charge in [-0.25, -0.2) is 0 Å². The van der Waals surface area contributed by atoms with Crippen molar-refractivity contribution in [3.05, 3.63) is 48.0 Å². The van der Waals surface area contributed by atoms with Gasteiger partial charge in [0.05, 0.1) is 25.8 Å². The number of aromatic nitrogens is 1. The number of para-hydroxylation sites is 3. The van der Waals surface area contributed by atoms with E-state index in [4.69, 9.17) is 13.9 Å². The molecule has 7 heteroatoms. The van der Waals surface area contributed by atoms with Crippen LogP contribution in [0.15, 0.2) is 46.9 Å². The van der Waals surface area contributed by atoms with Crippen molar-refractivity contribution >= 4 is 23.0 Å². The van der Waals surface area contributed by atoms with Gasteiger partial charge in [0.15, 0.2) is 17.1 Å². The van der Waals surface area contributed by atoms with Gasteiger partial charge >= 0.3 is 0 Å². The summed E-state index contributed by atoms with van der Waals surface area (Å²) in [5, 5.41) is 3.01. The van der Waals surface area contributed by atoms with Gasteiger partial charge in [-0.3, -0.25) is 4.79 Å². The van der Waals surface area contributed by atoms with Crippen LogP contribution >= 0.6 is 0 Å². The van der Waals surface area contributed by atoms with Crippen LogP contribution < -0.4 is 19.7 Å². The van der Waals surface area contributed by atoms with Gasteiger partial charge in [0.2, 0.25) is 0 Å². The number of carbonyl (C=O) groups excluding carboxylic acids is 1. The largest absolute Gasteiger partial charge is 0.493 e. The smallest absolute Gasteiger partial charge is 0.298 e. The summed E-state index contributed by atoms with van der Waals surface area (Å²) in [5.74, 6) is 0.772. The minimum absolute atomic E-state index is 0.133. The number of benzene rings is 2. The molecule has 0 aliphatic carbocycles. The highest BCUT2D eigenvalue weighted by Crippen LogP contribution is 2.31. The molecule has 3 aromatic rings. The Hall–Kier alpha value is -3.22. The van der Waals surface area contributed by atoms with Crippen molar-refractivity contribution in [3.63, 3.8) is 0 Å². The normalized spacial score (nSPS) is 16.4. The molecule has 1 aromatic heterocycles. The van der Waals surface area contributed by atoms with E-state index >= 15 is 0 Å². The fourth-order valence-electron chi connectivity index (χ4n) is 3.65. The maximum Gasteiger partial charge on any atom is 0.298 e. The molecule has 1 fully saturated rings. The number of methoxy groups -OCH3 is 2. The van der Waals surface area contributed by atoms with Crippen LogP contribution in [0.4, 0.5) is 6.01 Å². The average molecular weight is 381 g/mol. The molecule has 1 saturated heterocycles. The van der Waals surface area contributed by atoms with E-state index in [2.05, 4.69) is 15.2 Å². The van der Waals surface area contributed by atoms with Crippen molar-refractivity contribution in [2.24, 2.45) is 0 Å². The minimum atomic E-state index is -0.194. The Morgan fingerprint density at radius 1 is 1.21 bits per heavy atom. The molecule has 2 aromatic carbocycles. The van der Waals surface area contributed by atoms with E-state index in [1.54, 1.807) is 25.3 Å². The summed E-state index contributed by atoms with van der Waals surface area (Å²) >= 11 is 0. The van der Waals surface area contributed by atoms with Crippen LogP contribution in [0.1, 0.15) is 23.2 Å². The van der Waals surface area contributed by atoms with Crippen molar-refractivity contribution in [1.29, 1.82) is 0 Å². The minimum Gasteiger partial charge on any atom is -0.493 e. The van der Waals surface area contributed by atoms with Crippen molar-refractivity contribution in [2.45, 2.75) is 18.9 Å². The van der Waals surface area contributed by atoms with Gasteiger partial charge in [-0.1, -0.05) is 18.2 Å². The topological polar surface area (TPSA) is 76.8 Å². The molecular formula is C21H23N3O4. The second kappa shape index (κ2) is 7.80. The van der Waals surface area contributed by atoms with Gasteiger partial charge in [0.25, 0.3) is 11.9 Å². The third-order valence-corrected chi connectivity index (χ3v) is 5.05. The van der Waals surface area contributed by atoms with Gasteiger partial charge in [-0.05, 0) is 37.1 Å². The summed E-state index contributed by atoms with van der Waals surface area (Å²) in [7, 11) is 3.08. The lowest BCUT2D eigenvalue weighted by Gasteiger charge is -2.23. The monoisotopic (exact) mass is 381 g/mol. The van der Waals surface area contributed by atoms with Gasteiger partial charge in [0.1, 0.15) is 5.52 Å². The Kier molecular flexibility index (Phi) is 5.06. The van der Waals surface area contributed by atoms with Crippen LogP contribution in [0.3, 0.4) is 0 Å². The van der Waals surface area contributed by atoms with Gasteiger partial charge in [0, 0.05) is 13.1 Å². The average Bonchev–Trinajstić information content (AvgIpc) is 3.37. The van der Waals surface area contributed by atoms with Crippen LogP contribution in [-0.2, 0) is 0 Å². The van der Waals surface area contributed by atoms with Crippen molar-refractivity contribution in [2.75, 3.05) is 32.2 Å². The fraction of sp³-hybridized carbons (Fsp3) is 0.333. The Labute approximate surface area is 163 Å². The van der Waals surface area contributed by atoms with Gasteiger partial charge in [-0.15, -0.1) is 0 Å². The Morgan fingerprint density at radius 3 is 2.86 bits per heavy atom. The highest BCUT2D eigenvalue weighted by molar-refractivity contribution is 5.97. The third-order valence-electron chi connectivity index (χ3n) is 5.05. The third kappa shape index (κ3) is 3.35. The molecular weight excluding hydrogens is 358 g/mol. The van der Waals surface area contributed by atoms with Crippen molar-refractivity contribution in [3.8, 4) is 11.5 Å². The summed E-state index contributed by atoms with van der Waals surface area (Å²) in [6, 6.07) is 13.7. The zero-order valence-electron chi connectivity index (χ0n) is 16.0. The van der Waals surface area contributed by atoms with Crippen LogP contribution in [0.25, 0.3) is 11.1 Å². The number of rotatable bonds is 6. The number of amides is 1. The lowest BCUT2D eigenvalue weighted by molar-refractivity contribution is 0.0947. The molecule has 0 spiro atoms. The standard InChI is InChI=1S/C21H23N3O4/c1-26-18-11-5-8-15(19(18)27-2)20(25)22-13-14-7-6-12-24(14)21-23-16-9-3-4-10-17(16)28-21/h3-5,8-11,14H,6-7,12-13H2,1-2H3,(H,22,25). The number of oxazole rings is 1. The summed E-state index contributed by atoms with van der Waals surface area (Å²) in [6.07, 6.45) is 2.00. The zero-order chi connectivity index (χ0) is 19.5. The lowest BCUT2D eigenvalue weighted by atomic mass is 10.1. The number of nitrogens with zero attached hydrogens (tertiary/aromatic N) is 2. The number of fused-ring (bicyclic) bond motifs is 1. The number of hydrogen-bond donors (Lipinski definition) is 1. The molecule has 2 heterocycles. The Bertz CT molecular complexity index is 952. The maximum absolute atomic E-state index is 12.7.